The SMILES string of the molecule is C/C(N)=C/C(N)=Nc1cc2c(cn1)cc(C1=CC(NC(=O)c3cccc(C(F)(F)F)c3)=CC=CC1C)c(=O)n2C. The number of alkyl halides is 3. The van der Waals surface area contributed by atoms with Crippen LogP contribution in [0, 0.1) is 5.92 Å². The van der Waals surface area contributed by atoms with E-state index in [1.165, 1.54) is 22.8 Å². The van der Waals surface area contributed by atoms with Gasteiger partial charge in [0.15, 0.2) is 5.82 Å². The number of hydrogen-bond donors (Lipinski definition) is 3. The summed E-state index contributed by atoms with van der Waals surface area (Å²) in [5.41, 5.74) is 12.5. The number of benzene rings is 1. The molecule has 1 amide bonds. The number of carbonyl (C=O) groups excluding carboxylic acids is 1. The number of allylic oxidation sites excluding steroid dienone is 6. The second-order valence-electron chi connectivity index (χ2n) is 9.38. The lowest BCUT2D eigenvalue weighted by molar-refractivity contribution is -0.137. The standard InChI is InChI=1S/C29H27F3N6O2/c1-16-6-4-9-21(36-27(39)18-7-5-8-20(11-18)29(30,31)32)13-22(16)23-12-19-15-35-26(37-25(34)10-17(2)33)14-24(19)38(3)28(23)40/h4-16H,33H2,1-3H3,(H,36,39)(H2,34,35,37)/b17-10-. The van der Waals surface area contributed by atoms with Gasteiger partial charge in [0.2, 0.25) is 0 Å². The van der Waals surface area contributed by atoms with E-state index < -0.39 is 17.6 Å². The highest BCUT2D eigenvalue weighted by Crippen LogP contribution is 2.30. The Balaban J connectivity index is 1.71. The van der Waals surface area contributed by atoms with E-state index in [2.05, 4.69) is 15.3 Å². The van der Waals surface area contributed by atoms with Crippen LogP contribution in [0.1, 0.15) is 35.3 Å². The van der Waals surface area contributed by atoms with Crippen molar-refractivity contribution in [1.29, 1.82) is 0 Å². The second kappa shape index (κ2) is 11.0. The largest absolute Gasteiger partial charge is 0.416 e. The minimum atomic E-state index is -4.58. The predicted molar refractivity (Wildman–Crippen MR) is 149 cm³/mol. The molecule has 0 saturated heterocycles. The van der Waals surface area contributed by atoms with Crippen LogP contribution in [0.25, 0.3) is 16.5 Å². The van der Waals surface area contributed by atoms with Gasteiger partial charge >= 0.3 is 6.18 Å². The van der Waals surface area contributed by atoms with Crippen molar-refractivity contribution in [3.8, 4) is 0 Å². The van der Waals surface area contributed by atoms with Crippen LogP contribution in [-0.2, 0) is 13.2 Å². The summed E-state index contributed by atoms with van der Waals surface area (Å²) in [5.74, 6) is -0.451. The fourth-order valence-electron chi connectivity index (χ4n) is 4.24. The quantitative estimate of drug-likeness (QED) is 0.314. The van der Waals surface area contributed by atoms with Crippen LogP contribution in [0.3, 0.4) is 0 Å². The lowest BCUT2D eigenvalue weighted by Crippen LogP contribution is -2.24. The molecule has 0 radical (unpaired) electrons. The van der Waals surface area contributed by atoms with Crippen molar-refractivity contribution in [2.45, 2.75) is 20.0 Å². The zero-order valence-electron chi connectivity index (χ0n) is 22.0. The van der Waals surface area contributed by atoms with E-state index in [-0.39, 0.29) is 22.9 Å². The van der Waals surface area contributed by atoms with Gasteiger partial charge in [0.1, 0.15) is 5.84 Å². The number of amides is 1. The number of nitrogens with zero attached hydrogens (tertiary/aromatic N) is 3. The number of hydrogen-bond acceptors (Lipinski definition) is 5. The normalized spacial score (nSPS) is 16.4. The topological polar surface area (TPSA) is 128 Å². The molecule has 4 rings (SSSR count). The van der Waals surface area contributed by atoms with Gasteiger partial charge in [-0.05, 0) is 55.0 Å². The fourth-order valence-corrected chi connectivity index (χ4v) is 4.24. The molecule has 0 bridgehead atoms. The highest BCUT2D eigenvalue weighted by molar-refractivity contribution is 5.96. The highest BCUT2D eigenvalue weighted by Gasteiger charge is 2.31. The summed E-state index contributed by atoms with van der Waals surface area (Å²) in [6, 6.07) is 7.52. The van der Waals surface area contributed by atoms with Crippen molar-refractivity contribution < 1.29 is 18.0 Å². The first kappa shape index (κ1) is 28.1. The van der Waals surface area contributed by atoms with Gasteiger partial charge in [-0.2, -0.15) is 13.2 Å². The molecule has 0 spiro atoms. The molecule has 1 unspecified atom stereocenters. The van der Waals surface area contributed by atoms with Crippen LogP contribution in [0.15, 0.2) is 94.2 Å². The molecule has 1 aliphatic rings. The van der Waals surface area contributed by atoms with E-state index >= 15 is 0 Å². The van der Waals surface area contributed by atoms with Gasteiger partial charge in [-0.1, -0.05) is 25.1 Å². The van der Waals surface area contributed by atoms with Gasteiger partial charge in [0.25, 0.3) is 11.5 Å². The molecule has 5 N–H and O–H groups in total. The van der Waals surface area contributed by atoms with Crippen molar-refractivity contribution in [1.82, 2.24) is 14.9 Å². The second-order valence-corrected chi connectivity index (χ2v) is 9.38. The number of aliphatic imine (C=N–C) groups is 1. The zero-order valence-corrected chi connectivity index (χ0v) is 22.0. The molecule has 2 heterocycles. The number of halogens is 3. The van der Waals surface area contributed by atoms with E-state index in [0.717, 1.165) is 12.1 Å². The number of rotatable bonds is 5. The monoisotopic (exact) mass is 548 g/mol. The molecule has 0 saturated carbocycles. The molecular formula is C29H27F3N6O2. The van der Waals surface area contributed by atoms with Gasteiger partial charge in [-0.3, -0.25) is 9.59 Å². The third-order valence-electron chi connectivity index (χ3n) is 6.21. The summed E-state index contributed by atoms with van der Waals surface area (Å²) < 4.78 is 40.8. The maximum atomic E-state index is 13.5. The highest BCUT2D eigenvalue weighted by atomic mass is 19.4. The van der Waals surface area contributed by atoms with Crippen molar-refractivity contribution >= 4 is 34.0 Å². The average molecular weight is 549 g/mol. The van der Waals surface area contributed by atoms with Gasteiger partial charge < -0.3 is 21.4 Å². The Labute approximate surface area is 227 Å². The average Bonchev–Trinajstić information content (AvgIpc) is 3.06. The molecule has 206 valence electrons. The molecule has 0 fully saturated rings. The molecule has 11 heteroatoms. The zero-order chi connectivity index (χ0) is 29.2. The Hall–Kier alpha value is -4.93. The van der Waals surface area contributed by atoms with Crippen LogP contribution in [0.2, 0.25) is 0 Å². The minimum Gasteiger partial charge on any atom is -0.402 e. The van der Waals surface area contributed by atoms with E-state index in [9.17, 15) is 22.8 Å². The maximum Gasteiger partial charge on any atom is 0.416 e. The molecule has 3 aromatic rings. The van der Waals surface area contributed by atoms with Gasteiger partial charge in [-0.25, -0.2) is 9.98 Å². The molecule has 40 heavy (non-hydrogen) atoms. The van der Waals surface area contributed by atoms with Crippen LogP contribution in [0.5, 0.6) is 0 Å². The van der Waals surface area contributed by atoms with Crippen LogP contribution >= 0.6 is 0 Å². The molecule has 0 aliphatic heterocycles. The van der Waals surface area contributed by atoms with Crippen LogP contribution in [0.4, 0.5) is 19.0 Å². The van der Waals surface area contributed by atoms with Crippen molar-refractivity contribution in [2.75, 3.05) is 0 Å². The summed E-state index contributed by atoms with van der Waals surface area (Å²) in [5, 5.41) is 3.32. The molecule has 1 aliphatic carbocycles. The first-order valence-electron chi connectivity index (χ1n) is 12.2. The smallest absolute Gasteiger partial charge is 0.402 e. The Morgan fingerprint density at radius 3 is 2.65 bits per heavy atom. The predicted octanol–water partition coefficient (Wildman–Crippen LogP) is 4.71. The van der Waals surface area contributed by atoms with E-state index in [1.807, 2.05) is 13.0 Å². The Kier molecular flexibility index (Phi) is 7.76. The lowest BCUT2D eigenvalue weighted by Gasteiger charge is -2.16. The number of fused-ring (bicyclic) bond motifs is 1. The number of nitrogens with one attached hydrogen (secondary N) is 1. The summed E-state index contributed by atoms with van der Waals surface area (Å²) >= 11 is 0. The molecular weight excluding hydrogens is 521 g/mol. The maximum absolute atomic E-state index is 13.5. The Morgan fingerprint density at radius 2 is 1.95 bits per heavy atom. The van der Waals surface area contributed by atoms with E-state index in [4.69, 9.17) is 11.5 Å². The van der Waals surface area contributed by atoms with E-state index in [1.54, 1.807) is 50.5 Å². The number of aryl methyl sites for hydroxylation is 1. The van der Waals surface area contributed by atoms with Crippen molar-refractivity contribution in [2.24, 2.45) is 29.4 Å². The number of nitrogens with two attached hydrogens (primary N) is 2. The van der Waals surface area contributed by atoms with E-state index in [0.29, 0.717) is 39.3 Å². The van der Waals surface area contributed by atoms with Crippen LogP contribution < -0.4 is 22.3 Å². The summed E-state index contributed by atoms with van der Waals surface area (Å²) in [4.78, 5) is 34.8. The summed E-state index contributed by atoms with van der Waals surface area (Å²) in [7, 11) is 1.62. The minimum absolute atomic E-state index is 0.143. The van der Waals surface area contributed by atoms with Gasteiger partial charge in [0, 0.05) is 53.1 Å². The van der Waals surface area contributed by atoms with Gasteiger partial charge in [-0.15, -0.1) is 0 Å². The Morgan fingerprint density at radius 1 is 1.20 bits per heavy atom. The van der Waals surface area contributed by atoms with Crippen molar-refractivity contribution in [3.05, 3.63) is 111 Å². The fraction of sp³-hybridized carbons (Fsp3) is 0.172. The van der Waals surface area contributed by atoms with Crippen LogP contribution in [-0.4, -0.2) is 21.3 Å². The first-order chi connectivity index (χ1) is 18.8. The summed E-state index contributed by atoms with van der Waals surface area (Å²) in [6.45, 7) is 3.57. The van der Waals surface area contributed by atoms with Crippen molar-refractivity contribution in [3.63, 3.8) is 0 Å². The molecule has 2 aromatic heterocycles. The molecule has 1 aromatic carbocycles. The third-order valence-corrected chi connectivity index (χ3v) is 6.21. The Bertz CT molecular complexity index is 1710. The third kappa shape index (κ3) is 6.20. The molecule has 8 nitrogen and oxygen atoms in total. The number of pyridine rings is 2. The number of amidine groups is 1. The molecule has 1 atom stereocenters. The number of aromatic nitrogens is 2. The summed E-state index contributed by atoms with van der Waals surface area (Å²) in [6.07, 6.45) is 5.33. The number of carbonyl (C=O) groups is 1. The first-order valence-corrected chi connectivity index (χ1v) is 12.2. The lowest BCUT2D eigenvalue weighted by atomic mass is 9.93. The van der Waals surface area contributed by atoms with Gasteiger partial charge in [0.05, 0.1) is 11.1 Å².